The highest BCUT2D eigenvalue weighted by molar-refractivity contribution is 5.55. The van der Waals surface area contributed by atoms with Gasteiger partial charge in [-0.15, -0.1) is 0 Å². The zero-order chi connectivity index (χ0) is 13.1. The second kappa shape index (κ2) is 5.72. The predicted octanol–water partition coefficient (Wildman–Crippen LogP) is 2.24. The number of nitrogens with two attached hydrogens (primary N) is 1. The van der Waals surface area contributed by atoms with Gasteiger partial charge in [-0.25, -0.2) is 0 Å². The largest absolute Gasteiger partial charge is 0.367 e. The summed E-state index contributed by atoms with van der Waals surface area (Å²) in [7, 11) is 2.21. The number of hydrogen-bond donors (Lipinski definition) is 1. The van der Waals surface area contributed by atoms with Gasteiger partial charge in [-0.2, -0.15) is 0 Å². The average Bonchev–Trinajstić information content (AvgIpc) is 2.50. The van der Waals surface area contributed by atoms with Gasteiger partial charge in [-0.3, -0.25) is 0 Å². The topological polar surface area (TPSA) is 32.5 Å². The van der Waals surface area contributed by atoms with E-state index in [4.69, 9.17) is 5.73 Å². The Morgan fingerprint density at radius 2 is 2.00 bits per heavy atom. The standard InChI is InChI=1S/C15H25N3/c1-12-11-17(3)9-6-10-18(12)15-8-5-4-7-14(15)13(2)16/h4-5,7-8,12-13H,6,9-11,16H2,1-3H3. The Bertz CT molecular complexity index is 389. The van der Waals surface area contributed by atoms with Crippen LogP contribution in [0.1, 0.15) is 31.9 Å². The van der Waals surface area contributed by atoms with Crippen molar-refractivity contribution in [3.63, 3.8) is 0 Å². The number of likely N-dealkylation sites (N-methyl/N-ethyl adjacent to an activating group) is 1. The molecule has 18 heavy (non-hydrogen) atoms. The first kappa shape index (κ1) is 13.4. The molecule has 0 spiro atoms. The molecule has 3 heteroatoms. The summed E-state index contributed by atoms with van der Waals surface area (Å²) in [5, 5.41) is 0. The Labute approximate surface area is 111 Å². The van der Waals surface area contributed by atoms with Crippen LogP contribution in [0.25, 0.3) is 0 Å². The molecule has 100 valence electrons. The van der Waals surface area contributed by atoms with Gasteiger partial charge < -0.3 is 15.5 Å². The summed E-state index contributed by atoms with van der Waals surface area (Å²) in [5.41, 5.74) is 8.67. The molecule has 1 saturated heterocycles. The van der Waals surface area contributed by atoms with E-state index in [0.29, 0.717) is 6.04 Å². The molecule has 2 rings (SSSR count). The summed E-state index contributed by atoms with van der Waals surface area (Å²) in [4.78, 5) is 4.93. The van der Waals surface area contributed by atoms with Crippen LogP contribution in [-0.2, 0) is 0 Å². The number of hydrogen-bond acceptors (Lipinski definition) is 3. The van der Waals surface area contributed by atoms with E-state index in [1.54, 1.807) is 0 Å². The highest BCUT2D eigenvalue weighted by Gasteiger charge is 2.22. The van der Waals surface area contributed by atoms with Gasteiger partial charge in [0.1, 0.15) is 0 Å². The monoisotopic (exact) mass is 247 g/mol. The van der Waals surface area contributed by atoms with Crippen molar-refractivity contribution in [2.75, 3.05) is 31.6 Å². The summed E-state index contributed by atoms with van der Waals surface area (Å²) in [6, 6.07) is 9.19. The van der Waals surface area contributed by atoms with Gasteiger partial charge in [-0.1, -0.05) is 18.2 Å². The molecule has 1 aromatic carbocycles. The van der Waals surface area contributed by atoms with E-state index in [2.05, 4.69) is 55.0 Å². The molecule has 0 amide bonds. The molecule has 0 bridgehead atoms. The van der Waals surface area contributed by atoms with Crippen LogP contribution in [0.2, 0.25) is 0 Å². The SMILES string of the molecule is CC(N)c1ccccc1N1CCCN(C)CC1C. The minimum absolute atomic E-state index is 0.0920. The lowest BCUT2D eigenvalue weighted by atomic mass is 10.0. The predicted molar refractivity (Wildman–Crippen MR) is 78.0 cm³/mol. The summed E-state index contributed by atoms with van der Waals surface area (Å²) < 4.78 is 0. The van der Waals surface area contributed by atoms with Crippen LogP contribution in [0, 0.1) is 0 Å². The van der Waals surface area contributed by atoms with Crippen LogP contribution in [0.15, 0.2) is 24.3 Å². The first-order valence-electron chi connectivity index (χ1n) is 6.89. The maximum absolute atomic E-state index is 6.10. The number of para-hydroxylation sites is 1. The van der Waals surface area contributed by atoms with Gasteiger partial charge in [0.05, 0.1) is 0 Å². The van der Waals surface area contributed by atoms with Crippen LogP contribution in [0.4, 0.5) is 5.69 Å². The van der Waals surface area contributed by atoms with Gasteiger partial charge in [-0.05, 0) is 45.5 Å². The maximum atomic E-state index is 6.10. The summed E-state index contributed by atoms with van der Waals surface area (Å²) in [6.07, 6.45) is 1.22. The van der Waals surface area contributed by atoms with Crippen LogP contribution >= 0.6 is 0 Å². The third kappa shape index (κ3) is 2.85. The molecule has 1 aromatic rings. The lowest BCUT2D eigenvalue weighted by Gasteiger charge is -2.32. The van der Waals surface area contributed by atoms with E-state index in [0.717, 1.165) is 13.1 Å². The van der Waals surface area contributed by atoms with Crippen molar-refractivity contribution in [1.29, 1.82) is 0 Å². The molecule has 2 unspecified atom stereocenters. The normalized spacial score (nSPS) is 23.8. The van der Waals surface area contributed by atoms with Gasteiger partial charge in [0.25, 0.3) is 0 Å². The van der Waals surface area contributed by atoms with Crippen molar-refractivity contribution >= 4 is 5.69 Å². The molecule has 1 aliphatic heterocycles. The Morgan fingerprint density at radius 1 is 1.28 bits per heavy atom. The number of anilines is 1. The van der Waals surface area contributed by atoms with Crippen LogP contribution in [-0.4, -0.2) is 37.6 Å². The van der Waals surface area contributed by atoms with Crippen molar-refractivity contribution in [3.8, 4) is 0 Å². The molecule has 0 aliphatic carbocycles. The molecule has 0 aromatic heterocycles. The fourth-order valence-electron chi connectivity index (χ4n) is 2.86. The molecule has 1 fully saturated rings. The molecule has 2 atom stereocenters. The van der Waals surface area contributed by atoms with Gasteiger partial charge in [0.15, 0.2) is 0 Å². The number of rotatable bonds is 2. The molecular formula is C15H25N3. The molecule has 3 nitrogen and oxygen atoms in total. The zero-order valence-corrected chi connectivity index (χ0v) is 11.8. The van der Waals surface area contributed by atoms with E-state index < -0.39 is 0 Å². The van der Waals surface area contributed by atoms with Crippen molar-refractivity contribution in [3.05, 3.63) is 29.8 Å². The second-order valence-corrected chi connectivity index (χ2v) is 5.51. The highest BCUT2D eigenvalue weighted by atomic mass is 15.2. The Hall–Kier alpha value is -1.06. The van der Waals surface area contributed by atoms with E-state index in [1.165, 1.54) is 24.2 Å². The molecule has 0 radical (unpaired) electrons. The number of nitrogens with zero attached hydrogens (tertiary/aromatic N) is 2. The Morgan fingerprint density at radius 3 is 2.72 bits per heavy atom. The molecule has 0 saturated carbocycles. The molecule has 1 aliphatic rings. The van der Waals surface area contributed by atoms with E-state index in [1.807, 2.05) is 0 Å². The first-order valence-corrected chi connectivity index (χ1v) is 6.89. The van der Waals surface area contributed by atoms with Crippen molar-refractivity contribution in [2.24, 2.45) is 5.73 Å². The molecule has 2 N–H and O–H groups in total. The molecule has 1 heterocycles. The zero-order valence-electron chi connectivity index (χ0n) is 11.8. The lowest BCUT2D eigenvalue weighted by molar-refractivity contribution is 0.337. The van der Waals surface area contributed by atoms with E-state index in [9.17, 15) is 0 Å². The quantitative estimate of drug-likeness (QED) is 0.870. The summed E-state index contributed by atoms with van der Waals surface area (Å²) in [5.74, 6) is 0. The highest BCUT2D eigenvalue weighted by Crippen LogP contribution is 2.27. The van der Waals surface area contributed by atoms with Gasteiger partial charge in [0.2, 0.25) is 0 Å². The smallest absolute Gasteiger partial charge is 0.0417 e. The van der Waals surface area contributed by atoms with Crippen LogP contribution < -0.4 is 10.6 Å². The van der Waals surface area contributed by atoms with Gasteiger partial charge in [0, 0.05) is 30.9 Å². The molecular weight excluding hydrogens is 222 g/mol. The minimum atomic E-state index is 0.0920. The number of benzene rings is 1. The minimum Gasteiger partial charge on any atom is -0.367 e. The van der Waals surface area contributed by atoms with Gasteiger partial charge >= 0.3 is 0 Å². The summed E-state index contributed by atoms with van der Waals surface area (Å²) >= 11 is 0. The van der Waals surface area contributed by atoms with Crippen LogP contribution in [0.3, 0.4) is 0 Å². The Kier molecular flexibility index (Phi) is 4.25. The fraction of sp³-hybridized carbons (Fsp3) is 0.600. The fourth-order valence-corrected chi connectivity index (χ4v) is 2.86. The Balaban J connectivity index is 2.29. The van der Waals surface area contributed by atoms with E-state index in [-0.39, 0.29) is 6.04 Å². The first-order chi connectivity index (χ1) is 8.59. The van der Waals surface area contributed by atoms with E-state index >= 15 is 0 Å². The summed E-state index contributed by atoms with van der Waals surface area (Å²) in [6.45, 7) is 7.79. The third-order valence-corrected chi connectivity index (χ3v) is 3.78. The third-order valence-electron chi connectivity index (χ3n) is 3.78. The van der Waals surface area contributed by atoms with Crippen molar-refractivity contribution < 1.29 is 0 Å². The second-order valence-electron chi connectivity index (χ2n) is 5.51. The maximum Gasteiger partial charge on any atom is 0.0417 e. The van der Waals surface area contributed by atoms with Crippen LogP contribution in [0.5, 0.6) is 0 Å². The average molecular weight is 247 g/mol. The lowest BCUT2D eigenvalue weighted by Crippen LogP contribution is -2.38. The van der Waals surface area contributed by atoms with Crippen molar-refractivity contribution in [2.45, 2.75) is 32.4 Å². The van der Waals surface area contributed by atoms with Crippen molar-refractivity contribution in [1.82, 2.24) is 4.90 Å².